The first-order valence-electron chi connectivity index (χ1n) is 5.86. The molecule has 0 radical (unpaired) electrons. The van der Waals surface area contributed by atoms with Crippen molar-refractivity contribution in [1.29, 1.82) is 0 Å². The van der Waals surface area contributed by atoms with Crippen molar-refractivity contribution >= 4 is 38.6 Å². The minimum Gasteiger partial charge on any atom is -0.310 e. The third kappa shape index (κ3) is 2.25. The number of rotatable bonds is 1. The zero-order valence-corrected chi connectivity index (χ0v) is 11.2. The van der Waals surface area contributed by atoms with Gasteiger partial charge in [0.25, 0.3) is 0 Å². The largest absolute Gasteiger partial charge is 0.310 e. The van der Waals surface area contributed by atoms with Crippen LogP contribution in [0.3, 0.4) is 0 Å². The second-order valence-corrected chi connectivity index (χ2v) is 6.00. The summed E-state index contributed by atoms with van der Waals surface area (Å²) < 4.78 is 1.32. The van der Waals surface area contributed by atoms with Crippen LogP contribution >= 0.6 is 22.9 Å². The number of halogens is 1. The third-order valence-corrected chi connectivity index (χ3v) is 4.53. The fourth-order valence-electron chi connectivity index (χ4n) is 2.26. The Morgan fingerprint density at radius 3 is 3.06 bits per heavy atom. The van der Waals surface area contributed by atoms with Crippen molar-refractivity contribution in [3.8, 4) is 0 Å². The van der Waals surface area contributed by atoms with Crippen LogP contribution in [0.2, 0.25) is 5.02 Å². The molecule has 0 spiro atoms. The van der Waals surface area contributed by atoms with Crippen LogP contribution in [0.5, 0.6) is 0 Å². The van der Waals surface area contributed by atoms with Crippen LogP contribution in [0.1, 0.15) is 18.2 Å². The van der Waals surface area contributed by atoms with E-state index < -0.39 is 0 Å². The molecule has 0 amide bonds. The summed E-state index contributed by atoms with van der Waals surface area (Å²) in [6.45, 7) is 3.27. The maximum atomic E-state index is 6.02. The molecule has 17 heavy (non-hydrogen) atoms. The van der Waals surface area contributed by atoms with Crippen molar-refractivity contribution < 1.29 is 0 Å². The molecule has 3 rings (SSSR count). The molecule has 0 fully saturated rings. The lowest BCUT2D eigenvalue weighted by molar-refractivity contribution is 0.621. The summed E-state index contributed by atoms with van der Waals surface area (Å²) >= 11 is 7.88. The van der Waals surface area contributed by atoms with Gasteiger partial charge in [-0.05, 0) is 55.1 Å². The van der Waals surface area contributed by atoms with E-state index in [0.29, 0.717) is 6.04 Å². The summed E-state index contributed by atoms with van der Waals surface area (Å²) in [6.07, 6.45) is 3.45. The highest BCUT2D eigenvalue weighted by molar-refractivity contribution is 7.20. The standard InChI is InChI=1S/C14H14ClNS/c1-9-6-10(4-5-16-9)14-8-11-7-12(15)2-3-13(11)17-14/h2-3,6-9,16H,4-5H2,1H3. The zero-order valence-electron chi connectivity index (χ0n) is 9.66. The van der Waals surface area contributed by atoms with E-state index in [0.717, 1.165) is 18.0 Å². The molecule has 88 valence electrons. The van der Waals surface area contributed by atoms with Gasteiger partial charge in [0.05, 0.1) is 0 Å². The predicted molar refractivity (Wildman–Crippen MR) is 76.9 cm³/mol. The lowest BCUT2D eigenvalue weighted by Gasteiger charge is -2.18. The average Bonchev–Trinajstić information content (AvgIpc) is 2.72. The van der Waals surface area contributed by atoms with E-state index in [1.165, 1.54) is 20.5 Å². The number of hydrogen-bond acceptors (Lipinski definition) is 2. The lowest BCUT2D eigenvalue weighted by Crippen LogP contribution is -2.28. The summed E-state index contributed by atoms with van der Waals surface area (Å²) in [5.74, 6) is 0. The molecule has 1 aliphatic heterocycles. The third-order valence-electron chi connectivity index (χ3n) is 3.11. The summed E-state index contributed by atoms with van der Waals surface area (Å²) in [7, 11) is 0. The quantitative estimate of drug-likeness (QED) is 0.808. The van der Waals surface area contributed by atoms with Crippen molar-refractivity contribution in [2.24, 2.45) is 0 Å². The van der Waals surface area contributed by atoms with E-state index in [9.17, 15) is 0 Å². The molecule has 1 N–H and O–H groups in total. The van der Waals surface area contributed by atoms with Crippen LogP contribution < -0.4 is 5.32 Å². The first kappa shape index (κ1) is 11.3. The fraction of sp³-hybridized carbons (Fsp3) is 0.286. The Balaban J connectivity index is 2.06. The average molecular weight is 264 g/mol. The van der Waals surface area contributed by atoms with Gasteiger partial charge in [0.1, 0.15) is 0 Å². The van der Waals surface area contributed by atoms with Gasteiger partial charge in [0.2, 0.25) is 0 Å². The summed E-state index contributed by atoms with van der Waals surface area (Å²) in [5.41, 5.74) is 1.47. The van der Waals surface area contributed by atoms with E-state index in [1.54, 1.807) is 0 Å². The second kappa shape index (κ2) is 4.45. The van der Waals surface area contributed by atoms with Crippen LogP contribution in [0.4, 0.5) is 0 Å². The highest BCUT2D eigenvalue weighted by atomic mass is 35.5. The fourth-order valence-corrected chi connectivity index (χ4v) is 3.53. The van der Waals surface area contributed by atoms with E-state index in [-0.39, 0.29) is 0 Å². The maximum Gasteiger partial charge on any atom is 0.0412 e. The molecule has 2 heterocycles. The van der Waals surface area contributed by atoms with Gasteiger partial charge in [-0.2, -0.15) is 0 Å². The monoisotopic (exact) mass is 263 g/mol. The van der Waals surface area contributed by atoms with Crippen molar-refractivity contribution in [1.82, 2.24) is 5.32 Å². The first-order chi connectivity index (χ1) is 8.22. The van der Waals surface area contributed by atoms with E-state index in [1.807, 2.05) is 23.5 Å². The Kier molecular flexibility index (Phi) is 2.95. The minimum atomic E-state index is 0.479. The Morgan fingerprint density at radius 1 is 1.35 bits per heavy atom. The molecule has 1 atom stereocenters. The number of benzene rings is 1. The Bertz CT molecular complexity index is 585. The normalized spacial score (nSPS) is 20.6. The smallest absolute Gasteiger partial charge is 0.0412 e. The van der Waals surface area contributed by atoms with E-state index in [4.69, 9.17) is 11.6 Å². The molecule has 1 aliphatic rings. The molecule has 1 nitrogen and oxygen atoms in total. The van der Waals surface area contributed by atoms with Crippen LogP contribution in [-0.4, -0.2) is 12.6 Å². The highest BCUT2D eigenvalue weighted by Crippen LogP contribution is 2.34. The van der Waals surface area contributed by atoms with Crippen LogP contribution in [0.25, 0.3) is 15.7 Å². The molecule has 1 aromatic heterocycles. The number of nitrogens with one attached hydrogen (secondary N) is 1. The van der Waals surface area contributed by atoms with E-state index >= 15 is 0 Å². The van der Waals surface area contributed by atoms with Gasteiger partial charge in [-0.25, -0.2) is 0 Å². The van der Waals surface area contributed by atoms with E-state index in [2.05, 4.69) is 30.4 Å². The molecule has 1 unspecified atom stereocenters. The molecule has 0 saturated heterocycles. The van der Waals surface area contributed by atoms with Gasteiger partial charge in [0, 0.05) is 20.6 Å². The second-order valence-electron chi connectivity index (χ2n) is 4.48. The van der Waals surface area contributed by atoms with Gasteiger partial charge >= 0.3 is 0 Å². The first-order valence-corrected chi connectivity index (χ1v) is 7.05. The lowest BCUT2D eigenvalue weighted by atomic mass is 10.0. The molecule has 2 aromatic rings. The molecule has 0 aliphatic carbocycles. The molecular formula is C14H14ClNS. The molecule has 3 heteroatoms. The Morgan fingerprint density at radius 2 is 2.24 bits per heavy atom. The topological polar surface area (TPSA) is 12.0 Å². The van der Waals surface area contributed by atoms with Gasteiger partial charge < -0.3 is 5.32 Å². The molecular weight excluding hydrogens is 250 g/mol. The minimum absolute atomic E-state index is 0.479. The number of hydrogen-bond donors (Lipinski definition) is 1. The van der Waals surface area contributed by atoms with Crippen LogP contribution in [0, 0.1) is 0 Å². The van der Waals surface area contributed by atoms with Crippen molar-refractivity contribution in [2.45, 2.75) is 19.4 Å². The van der Waals surface area contributed by atoms with Crippen molar-refractivity contribution in [3.05, 3.63) is 40.2 Å². The van der Waals surface area contributed by atoms with Crippen molar-refractivity contribution in [3.63, 3.8) is 0 Å². The number of fused-ring (bicyclic) bond motifs is 1. The highest BCUT2D eigenvalue weighted by Gasteiger charge is 2.12. The Hall–Kier alpha value is -0.830. The van der Waals surface area contributed by atoms with Crippen LogP contribution in [-0.2, 0) is 0 Å². The van der Waals surface area contributed by atoms with Crippen molar-refractivity contribution in [2.75, 3.05) is 6.54 Å². The van der Waals surface area contributed by atoms with Gasteiger partial charge in [-0.1, -0.05) is 17.7 Å². The zero-order chi connectivity index (χ0) is 11.8. The predicted octanol–water partition coefficient (Wildman–Crippen LogP) is 4.32. The van der Waals surface area contributed by atoms with Gasteiger partial charge in [0.15, 0.2) is 0 Å². The van der Waals surface area contributed by atoms with Gasteiger partial charge in [-0.15, -0.1) is 11.3 Å². The van der Waals surface area contributed by atoms with Crippen LogP contribution in [0.15, 0.2) is 30.3 Å². The molecule has 0 bridgehead atoms. The maximum absolute atomic E-state index is 6.02. The van der Waals surface area contributed by atoms with Gasteiger partial charge in [-0.3, -0.25) is 0 Å². The SMILES string of the molecule is CC1C=C(c2cc3cc(Cl)ccc3s2)CCN1. The summed E-state index contributed by atoms with van der Waals surface area (Å²) in [5, 5.41) is 5.50. The number of thiophene rings is 1. The molecule has 1 aromatic carbocycles. The summed E-state index contributed by atoms with van der Waals surface area (Å²) in [4.78, 5) is 1.38. The summed E-state index contributed by atoms with van der Waals surface area (Å²) in [6, 6.07) is 8.85. The molecule has 0 saturated carbocycles. The Labute approximate surface area is 110 Å².